The Morgan fingerprint density at radius 2 is 1.92 bits per heavy atom. The molecule has 1 N–H and O–H groups in total. The van der Waals surface area contributed by atoms with Crippen molar-refractivity contribution in [2.45, 2.75) is 6.42 Å². The van der Waals surface area contributed by atoms with E-state index in [1.54, 1.807) is 6.07 Å². The summed E-state index contributed by atoms with van der Waals surface area (Å²) >= 11 is 12.0. The minimum atomic E-state index is -0.829. The zero-order valence-corrected chi connectivity index (χ0v) is 15.0. The fraction of sp³-hybridized carbons (Fsp3) is 0.150. The summed E-state index contributed by atoms with van der Waals surface area (Å²) in [4.78, 5) is 13.0. The third-order valence-electron chi connectivity index (χ3n) is 4.04. The van der Waals surface area contributed by atoms with Crippen LogP contribution in [-0.2, 0) is 4.79 Å². The highest BCUT2D eigenvalue weighted by atomic mass is 35.5. The van der Waals surface area contributed by atoms with Gasteiger partial charge in [-0.1, -0.05) is 65.7 Å². The van der Waals surface area contributed by atoms with E-state index in [0.717, 1.165) is 28.8 Å². The molecular formula is C20H17Cl2NO2. The fourth-order valence-electron chi connectivity index (χ4n) is 2.89. The first-order valence-electron chi connectivity index (χ1n) is 7.94. The molecule has 2 aromatic carbocycles. The first-order valence-corrected chi connectivity index (χ1v) is 8.69. The van der Waals surface area contributed by atoms with Crippen LogP contribution in [0.15, 0.2) is 54.6 Å². The van der Waals surface area contributed by atoms with Gasteiger partial charge in [0.2, 0.25) is 0 Å². The van der Waals surface area contributed by atoms with E-state index in [4.69, 9.17) is 28.3 Å². The molecular weight excluding hydrogens is 357 g/mol. The first-order chi connectivity index (χ1) is 12.0. The third-order valence-corrected chi connectivity index (χ3v) is 4.78. The van der Waals surface area contributed by atoms with Gasteiger partial charge >= 0.3 is 5.97 Å². The molecule has 0 bridgehead atoms. The predicted octanol–water partition coefficient (Wildman–Crippen LogP) is 5.38. The number of hydrogen-bond donors (Lipinski definition) is 1. The Hall–Kier alpha value is -2.23. The van der Waals surface area contributed by atoms with Crippen LogP contribution < -0.4 is 4.90 Å². The lowest BCUT2D eigenvalue weighted by Crippen LogP contribution is -2.30. The molecule has 128 valence electrons. The Morgan fingerprint density at radius 1 is 1.12 bits per heavy atom. The number of benzene rings is 2. The Labute approximate surface area is 156 Å². The summed E-state index contributed by atoms with van der Waals surface area (Å²) in [6, 6.07) is 13.4. The van der Waals surface area contributed by atoms with Crippen molar-refractivity contribution in [1.29, 1.82) is 0 Å². The molecule has 0 spiro atoms. The van der Waals surface area contributed by atoms with E-state index < -0.39 is 5.97 Å². The second-order valence-corrected chi connectivity index (χ2v) is 6.60. The van der Waals surface area contributed by atoms with E-state index in [1.807, 2.05) is 53.5 Å². The fourth-order valence-corrected chi connectivity index (χ4v) is 3.19. The van der Waals surface area contributed by atoms with Crippen molar-refractivity contribution < 1.29 is 9.90 Å². The number of nitrogens with zero attached hydrogens (tertiary/aromatic N) is 1. The summed E-state index contributed by atoms with van der Waals surface area (Å²) in [6.07, 6.45) is 6.93. The van der Waals surface area contributed by atoms with E-state index >= 15 is 0 Å². The van der Waals surface area contributed by atoms with Gasteiger partial charge in [0.05, 0.1) is 10.0 Å². The minimum Gasteiger partial charge on any atom is -0.480 e. The quantitative estimate of drug-likeness (QED) is 0.781. The van der Waals surface area contributed by atoms with Crippen LogP contribution in [0.5, 0.6) is 0 Å². The number of halogens is 2. The van der Waals surface area contributed by atoms with Crippen LogP contribution in [0, 0.1) is 0 Å². The Bertz CT molecular complexity index is 859. The number of carboxylic acid groups (broad SMARTS) is 1. The summed E-state index contributed by atoms with van der Waals surface area (Å²) < 4.78 is 0. The second kappa shape index (κ2) is 7.77. The van der Waals surface area contributed by atoms with Crippen LogP contribution in [-0.4, -0.2) is 24.2 Å². The van der Waals surface area contributed by atoms with E-state index in [0.29, 0.717) is 16.6 Å². The molecule has 25 heavy (non-hydrogen) atoms. The molecule has 0 saturated heterocycles. The SMILES string of the molecule is O=C(O)CN1CCC=C(/C=C/c2ccc(Cl)c(Cl)c2)c2ccccc21. The van der Waals surface area contributed by atoms with Crippen LogP contribution in [0.1, 0.15) is 17.5 Å². The lowest BCUT2D eigenvalue weighted by Gasteiger charge is -2.23. The number of fused-ring (bicyclic) bond motifs is 1. The summed E-state index contributed by atoms with van der Waals surface area (Å²) in [5.41, 5.74) is 3.99. The predicted molar refractivity (Wildman–Crippen MR) is 104 cm³/mol. The van der Waals surface area contributed by atoms with Crippen molar-refractivity contribution in [2.24, 2.45) is 0 Å². The molecule has 1 heterocycles. The highest BCUT2D eigenvalue weighted by Gasteiger charge is 2.17. The Kier molecular flexibility index (Phi) is 5.47. The van der Waals surface area contributed by atoms with Gasteiger partial charge in [0, 0.05) is 17.8 Å². The van der Waals surface area contributed by atoms with Crippen molar-refractivity contribution in [2.75, 3.05) is 18.0 Å². The van der Waals surface area contributed by atoms with Crippen molar-refractivity contribution >= 4 is 46.5 Å². The number of rotatable bonds is 4. The van der Waals surface area contributed by atoms with Gasteiger partial charge in [-0.15, -0.1) is 0 Å². The van der Waals surface area contributed by atoms with Gasteiger partial charge in [-0.25, -0.2) is 0 Å². The molecule has 0 aliphatic carbocycles. The van der Waals surface area contributed by atoms with Gasteiger partial charge < -0.3 is 10.0 Å². The van der Waals surface area contributed by atoms with Gasteiger partial charge in [0.1, 0.15) is 6.54 Å². The van der Waals surface area contributed by atoms with Crippen molar-refractivity contribution in [3.63, 3.8) is 0 Å². The Morgan fingerprint density at radius 3 is 2.68 bits per heavy atom. The van der Waals surface area contributed by atoms with Crippen LogP contribution in [0.2, 0.25) is 10.0 Å². The third kappa shape index (κ3) is 4.25. The highest BCUT2D eigenvalue weighted by molar-refractivity contribution is 6.42. The summed E-state index contributed by atoms with van der Waals surface area (Å²) in [6.45, 7) is 0.669. The van der Waals surface area contributed by atoms with Crippen LogP contribution >= 0.6 is 23.2 Å². The van der Waals surface area contributed by atoms with Gasteiger partial charge in [0.25, 0.3) is 0 Å². The largest absolute Gasteiger partial charge is 0.480 e. The maximum absolute atomic E-state index is 11.1. The molecule has 1 aliphatic rings. The highest BCUT2D eigenvalue weighted by Crippen LogP contribution is 2.32. The zero-order valence-electron chi connectivity index (χ0n) is 13.5. The lowest BCUT2D eigenvalue weighted by atomic mass is 10.0. The van der Waals surface area contributed by atoms with Crippen molar-refractivity contribution in [3.05, 3.63) is 75.8 Å². The Balaban J connectivity index is 1.92. The average Bonchev–Trinajstić information content (AvgIpc) is 2.75. The van der Waals surface area contributed by atoms with Gasteiger partial charge in [0.15, 0.2) is 0 Å². The second-order valence-electron chi connectivity index (χ2n) is 5.79. The molecule has 5 heteroatoms. The number of aliphatic carboxylic acids is 1. The number of carboxylic acids is 1. The molecule has 1 aliphatic heterocycles. The van der Waals surface area contributed by atoms with Crippen molar-refractivity contribution in [1.82, 2.24) is 0 Å². The molecule has 3 rings (SSSR count). The zero-order chi connectivity index (χ0) is 17.8. The maximum atomic E-state index is 11.1. The lowest BCUT2D eigenvalue weighted by molar-refractivity contribution is -0.135. The van der Waals surface area contributed by atoms with E-state index in [2.05, 4.69) is 6.08 Å². The average molecular weight is 374 g/mol. The monoisotopic (exact) mass is 373 g/mol. The molecule has 3 nitrogen and oxygen atoms in total. The molecule has 0 atom stereocenters. The molecule has 0 amide bonds. The van der Waals surface area contributed by atoms with Crippen LogP contribution in [0.25, 0.3) is 11.6 Å². The number of carbonyl (C=O) groups is 1. The standard InChI is InChI=1S/C20H17Cl2NO2/c21-17-10-8-14(12-18(17)22)7-9-15-4-3-11-23(13-20(24)25)19-6-2-1-5-16(15)19/h1-2,4-10,12H,3,11,13H2,(H,24,25)/b9-7+. The summed E-state index contributed by atoms with van der Waals surface area (Å²) in [7, 11) is 0. The smallest absolute Gasteiger partial charge is 0.323 e. The number of allylic oxidation sites excluding steroid dienone is 2. The molecule has 0 saturated carbocycles. The first kappa shape index (κ1) is 17.6. The number of hydrogen-bond acceptors (Lipinski definition) is 2. The summed E-state index contributed by atoms with van der Waals surface area (Å²) in [5, 5.41) is 10.2. The molecule has 2 aromatic rings. The van der Waals surface area contributed by atoms with E-state index in [1.165, 1.54) is 0 Å². The molecule has 0 unspecified atom stereocenters. The molecule has 0 aromatic heterocycles. The van der Waals surface area contributed by atoms with Crippen molar-refractivity contribution in [3.8, 4) is 0 Å². The minimum absolute atomic E-state index is 0.00532. The van der Waals surface area contributed by atoms with E-state index in [9.17, 15) is 4.79 Å². The summed E-state index contributed by atoms with van der Waals surface area (Å²) in [5.74, 6) is -0.829. The topological polar surface area (TPSA) is 40.5 Å². The normalized spacial score (nSPS) is 14.2. The van der Waals surface area contributed by atoms with E-state index in [-0.39, 0.29) is 6.54 Å². The maximum Gasteiger partial charge on any atom is 0.323 e. The molecule has 0 fully saturated rings. The van der Waals surface area contributed by atoms with Crippen LogP contribution in [0.3, 0.4) is 0 Å². The van der Waals surface area contributed by atoms with Crippen LogP contribution in [0.4, 0.5) is 5.69 Å². The number of para-hydroxylation sites is 1. The molecule has 0 radical (unpaired) electrons. The van der Waals surface area contributed by atoms with Gasteiger partial charge in [-0.3, -0.25) is 4.79 Å². The van der Waals surface area contributed by atoms with Gasteiger partial charge in [-0.05, 0) is 35.8 Å². The van der Waals surface area contributed by atoms with Gasteiger partial charge in [-0.2, -0.15) is 0 Å². The number of anilines is 1.